The molecule has 0 radical (unpaired) electrons. The molecule has 0 aliphatic rings. The molecule has 0 bridgehead atoms. The van der Waals surface area contributed by atoms with Crippen molar-refractivity contribution in [2.75, 3.05) is 12.3 Å². The fraction of sp³-hybridized carbons (Fsp3) is 0.300. The largest absolute Gasteiger partial charge is 0.399 e. The first-order chi connectivity index (χ1) is 7.19. The van der Waals surface area contributed by atoms with Crippen molar-refractivity contribution in [3.63, 3.8) is 0 Å². The van der Waals surface area contributed by atoms with Crippen LogP contribution in [0.25, 0.3) is 10.2 Å². The second-order valence-electron chi connectivity index (χ2n) is 3.32. The minimum atomic E-state index is 0.169. The third-order valence-corrected chi connectivity index (χ3v) is 4.15. The van der Waals surface area contributed by atoms with E-state index >= 15 is 0 Å². The van der Waals surface area contributed by atoms with Crippen LogP contribution in [0.1, 0.15) is 6.92 Å². The highest BCUT2D eigenvalue weighted by Gasteiger charge is 2.08. The molecule has 2 aromatic rings. The molecule has 5 heteroatoms. The molecule has 1 heterocycles. The average molecular weight is 240 g/mol. The number of nitrogen functional groups attached to an aromatic ring is 1. The number of nitrogens with two attached hydrogens (primary N) is 1. The Morgan fingerprint density at radius 1 is 1.60 bits per heavy atom. The molecule has 1 atom stereocenters. The predicted molar refractivity (Wildman–Crippen MR) is 66.4 cm³/mol. The second kappa shape index (κ2) is 4.38. The summed E-state index contributed by atoms with van der Waals surface area (Å²) in [6.45, 7) is 2.15. The van der Waals surface area contributed by atoms with Crippen molar-refractivity contribution in [3.05, 3.63) is 18.2 Å². The van der Waals surface area contributed by atoms with Gasteiger partial charge in [-0.05, 0) is 18.2 Å². The molecule has 0 aliphatic carbocycles. The molecule has 0 spiro atoms. The maximum absolute atomic E-state index is 8.95. The van der Waals surface area contributed by atoms with E-state index in [9.17, 15) is 0 Å². The molecule has 0 amide bonds. The zero-order valence-electron chi connectivity index (χ0n) is 8.30. The number of benzene rings is 1. The highest BCUT2D eigenvalue weighted by molar-refractivity contribution is 8.01. The highest BCUT2D eigenvalue weighted by Crippen LogP contribution is 2.32. The molecule has 1 aromatic heterocycles. The van der Waals surface area contributed by atoms with Gasteiger partial charge in [-0.25, -0.2) is 4.98 Å². The van der Waals surface area contributed by atoms with Crippen LogP contribution in [0.2, 0.25) is 0 Å². The van der Waals surface area contributed by atoms with Crippen LogP contribution in [0.15, 0.2) is 22.5 Å². The van der Waals surface area contributed by atoms with E-state index in [1.165, 1.54) is 0 Å². The number of anilines is 1. The fourth-order valence-corrected chi connectivity index (χ4v) is 3.45. The maximum Gasteiger partial charge on any atom is 0.151 e. The normalized spacial score (nSPS) is 13.2. The standard InChI is InChI=1S/C10H12N2OS2/c1-6(5-13)14-10-12-8-3-2-7(11)4-9(8)15-10/h2-4,6,13H,5,11H2,1H3. The lowest BCUT2D eigenvalue weighted by atomic mass is 10.3. The van der Waals surface area contributed by atoms with Crippen molar-refractivity contribution >= 4 is 39.0 Å². The van der Waals surface area contributed by atoms with Crippen LogP contribution in [-0.2, 0) is 0 Å². The number of aromatic nitrogens is 1. The highest BCUT2D eigenvalue weighted by atomic mass is 32.2. The Balaban J connectivity index is 2.30. The van der Waals surface area contributed by atoms with Gasteiger partial charge in [0.05, 0.1) is 16.8 Å². The molecular weight excluding hydrogens is 228 g/mol. The van der Waals surface area contributed by atoms with Gasteiger partial charge in [-0.2, -0.15) is 0 Å². The van der Waals surface area contributed by atoms with E-state index in [-0.39, 0.29) is 11.9 Å². The number of aliphatic hydroxyl groups is 1. The second-order valence-corrected chi connectivity index (χ2v) is 6.03. The Bertz CT molecular complexity index is 469. The summed E-state index contributed by atoms with van der Waals surface area (Å²) in [5, 5.41) is 9.13. The summed E-state index contributed by atoms with van der Waals surface area (Å²) in [6.07, 6.45) is 0. The zero-order chi connectivity index (χ0) is 10.8. The molecule has 3 nitrogen and oxygen atoms in total. The van der Waals surface area contributed by atoms with E-state index in [0.717, 1.165) is 20.2 Å². The molecule has 1 unspecified atom stereocenters. The number of thiazole rings is 1. The van der Waals surface area contributed by atoms with Crippen LogP contribution in [-0.4, -0.2) is 21.9 Å². The van der Waals surface area contributed by atoms with Crippen LogP contribution in [0, 0.1) is 0 Å². The van der Waals surface area contributed by atoms with Crippen LogP contribution in [0.3, 0.4) is 0 Å². The molecule has 3 N–H and O–H groups in total. The predicted octanol–water partition coefficient (Wildman–Crippen LogP) is 2.35. The van der Waals surface area contributed by atoms with Crippen molar-refractivity contribution in [1.29, 1.82) is 0 Å². The number of nitrogens with zero attached hydrogens (tertiary/aromatic N) is 1. The fourth-order valence-electron chi connectivity index (χ4n) is 1.18. The molecule has 0 saturated heterocycles. The monoisotopic (exact) mass is 240 g/mol. The van der Waals surface area contributed by atoms with E-state index in [1.807, 2.05) is 25.1 Å². The van der Waals surface area contributed by atoms with Gasteiger partial charge < -0.3 is 10.8 Å². The van der Waals surface area contributed by atoms with Crippen molar-refractivity contribution in [3.8, 4) is 0 Å². The number of rotatable bonds is 3. The van der Waals surface area contributed by atoms with Gasteiger partial charge in [0, 0.05) is 10.9 Å². The minimum Gasteiger partial charge on any atom is -0.399 e. The van der Waals surface area contributed by atoms with Crippen molar-refractivity contribution < 1.29 is 5.11 Å². The van der Waals surface area contributed by atoms with Gasteiger partial charge >= 0.3 is 0 Å². The Labute approximate surface area is 96.3 Å². The number of hydrogen-bond acceptors (Lipinski definition) is 5. The topological polar surface area (TPSA) is 59.1 Å². The van der Waals surface area contributed by atoms with E-state index in [4.69, 9.17) is 10.8 Å². The minimum absolute atomic E-state index is 0.169. The number of thioether (sulfide) groups is 1. The molecule has 0 aliphatic heterocycles. The van der Waals surface area contributed by atoms with Crippen molar-refractivity contribution in [2.45, 2.75) is 16.5 Å². The average Bonchev–Trinajstić information content (AvgIpc) is 2.59. The van der Waals surface area contributed by atoms with E-state index in [0.29, 0.717) is 0 Å². The van der Waals surface area contributed by atoms with Gasteiger partial charge in [0.2, 0.25) is 0 Å². The Morgan fingerprint density at radius 3 is 3.13 bits per heavy atom. The Morgan fingerprint density at radius 2 is 2.40 bits per heavy atom. The summed E-state index contributed by atoms with van der Waals surface area (Å²) in [5.41, 5.74) is 7.43. The van der Waals surface area contributed by atoms with Crippen molar-refractivity contribution in [1.82, 2.24) is 4.98 Å². The summed E-state index contributed by atoms with van der Waals surface area (Å²) in [6, 6.07) is 5.71. The van der Waals surface area contributed by atoms with Gasteiger partial charge in [0.1, 0.15) is 0 Å². The quantitative estimate of drug-likeness (QED) is 0.638. The lowest BCUT2D eigenvalue weighted by Gasteiger charge is -2.02. The van der Waals surface area contributed by atoms with E-state index < -0.39 is 0 Å². The Hall–Kier alpha value is -0.780. The zero-order valence-corrected chi connectivity index (χ0v) is 9.94. The summed E-state index contributed by atoms with van der Waals surface area (Å²) in [4.78, 5) is 4.46. The third kappa shape index (κ3) is 2.42. The van der Waals surface area contributed by atoms with Gasteiger partial charge in [-0.15, -0.1) is 11.3 Å². The summed E-state index contributed by atoms with van der Waals surface area (Å²) < 4.78 is 2.08. The SMILES string of the molecule is CC(CO)Sc1nc2ccc(N)cc2s1. The van der Waals surface area contributed by atoms with Crippen LogP contribution < -0.4 is 5.73 Å². The van der Waals surface area contributed by atoms with Gasteiger partial charge in [0.15, 0.2) is 4.34 Å². The number of aliphatic hydroxyl groups excluding tert-OH is 1. The van der Waals surface area contributed by atoms with E-state index in [1.54, 1.807) is 23.1 Å². The smallest absolute Gasteiger partial charge is 0.151 e. The van der Waals surface area contributed by atoms with Gasteiger partial charge in [-0.3, -0.25) is 0 Å². The Kier molecular flexibility index (Phi) is 3.14. The molecule has 0 fully saturated rings. The molecule has 1 aromatic carbocycles. The summed E-state index contributed by atoms with van der Waals surface area (Å²) >= 11 is 3.21. The molecule has 80 valence electrons. The maximum atomic E-state index is 8.95. The first-order valence-corrected chi connectivity index (χ1v) is 6.32. The molecule has 15 heavy (non-hydrogen) atoms. The first-order valence-electron chi connectivity index (χ1n) is 4.62. The van der Waals surface area contributed by atoms with Crippen molar-refractivity contribution in [2.24, 2.45) is 0 Å². The number of fused-ring (bicyclic) bond motifs is 1. The lowest BCUT2D eigenvalue weighted by Crippen LogP contribution is -2.00. The lowest BCUT2D eigenvalue weighted by molar-refractivity contribution is 0.300. The van der Waals surface area contributed by atoms with Crippen LogP contribution in [0.4, 0.5) is 5.69 Å². The van der Waals surface area contributed by atoms with E-state index in [2.05, 4.69) is 4.98 Å². The molecular formula is C10H12N2OS2. The third-order valence-electron chi connectivity index (χ3n) is 1.95. The summed E-state index contributed by atoms with van der Waals surface area (Å²) in [7, 11) is 0. The molecule has 0 saturated carbocycles. The van der Waals surface area contributed by atoms with Crippen LogP contribution in [0.5, 0.6) is 0 Å². The van der Waals surface area contributed by atoms with Gasteiger partial charge in [-0.1, -0.05) is 18.7 Å². The summed E-state index contributed by atoms with van der Waals surface area (Å²) in [5.74, 6) is 0. The number of hydrogen-bond donors (Lipinski definition) is 2. The van der Waals surface area contributed by atoms with Crippen LogP contribution >= 0.6 is 23.1 Å². The first kappa shape index (κ1) is 10.7. The molecule has 2 rings (SSSR count). The van der Waals surface area contributed by atoms with Gasteiger partial charge in [0.25, 0.3) is 0 Å².